The van der Waals surface area contributed by atoms with Gasteiger partial charge in [0.2, 0.25) is 0 Å². The predicted molar refractivity (Wildman–Crippen MR) is 76.5 cm³/mol. The lowest BCUT2D eigenvalue weighted by atomic mass is 10.1. The van der Waals surface area contributed by atoms with E-state index in [-0.39, 0.29) is 5.69 Å². The summed E-state index contributed by atoms with van der Waals surface area (Å²) in [5.41, 5.74) is 0.947. The fourth-order valence-electron chi connectivity index (χ4n) is 2.51. The molecule has 0 aromatic heterocycles. The maximum absolute atomic E-state index is 10.7. The fourth-order valence-corrected chi connectivity index (χ4v) is 2.51. The third-order valence-electron chi connectivity index (χ3n) is 3.73. The predicted octanol–water partition coefficient (Wildman–Crippen LogP) is 2.22. The van der Waals surface area contributed by atoms with Crippen LogP contribution in [0.5, 0.6) is 0 Å². The smallest absolute Gasteiger partial charge is 0.270 e. The number of nitrogens with one attached hydrogen (secondary N) is 1. The molecule has 1 fully saturated rings. The van der Waals surface area contributed by atoms with Crippen LogP contribution in [0.3, 0.4) is 0 Å². The van der Waals surface area contributed by atoms with Gasteiger partial charge in [-0.3, -0.25) is 10.1 Å². The maximum Gasteiger partial charge on any atom is 0.270 e. The highest BCUT2D eigenvalue weighted by atomic mass is 16.6. The third kappa shape index (κ3) is 3.25. The van der Waals surface area contributed by atoms with Gasteiger partial charge in [0.25, 0.3) is 5.69 Å². The summed E-state index contributed by atoms with van der Waals surface area (Å²) in [6, 6.07) is 6.36. The monoisotopic (exact) mass is 274 g/mol. The Morgan fingerprint density at radius 2 is 2.40 bits per heavy atom. The van der Waals surface area contributed by atoms with Crippen molar-refractivity contribution < 1.29 is 4.92 Å². The summed E-state index contributed by atoms with van der Waals surface area (Å²) in [7, 11) is 0. The molecule has 1 aliphatic rings. The molecular weight excluding hydrogens is 256 g/mol. The number of anilines is 1. The van der Waals surface area contributed by atoms with E-state index in [1.54, 1.807) is 6.07 Å². The maximum atomic E-state index is 10.7. The Morgan fingerprint density at radius 3 is 3.00 bits per heavy atom. The van der Waals surface area contributed by atoms with Gasteiger partial charge in [0.1, 0.15) is 6.07 Å². The number of likely N-dealkylation sites (tertiary alicyclic amines) is 1. The number of nitriles is 1. The number of nitro groups is 1. The Labute approximate surface area is 118 Å². The van der Waals surface area contributed by atoms with Crippen LogP contribution in [0.2, 0.25) is 0 Å². The molecule has 0 radical (unpaired) electrons. The first-order chi connectivity index (χ1) is 9.63. The molecule has 0 spiro atoms. The molecule has 1 heterocycles. The summed E-state index contributed by atoms with van der Waals surface area (Å²) in [5.74, 6) is 0.566. The standard InChI is InChI=1S/C14H18N4O2/c1-2-17-6-5-11(10-17)9-16-14-4-3-13(18(19)20)7-12(14)8-15/h3-4,7,11,16H,2,5-6,9-10H2,1H3. The largest absolute Gasteiger partial charge is 0.384 e. The molecule has 106 valence electrons. The van der Waals surface area contributed by atoms with Gasteiger partial charge in [-0.25, -0.2) is 0 Å². The molecule has 1 N–H and O–H groups in total. The number of nitrogens with zero attached hydrogens (tertiary/aromatic N) is 3. The van der Waals surface area contributed by atoms with E-state index in [0.717, 1.165) is 32.6 Å². The molecule has 6 heteroatoms. The first-order valence-electron chi connectivity index (χ1n) is 6.78. The van der Waals surface area contributed by atoms with Gasteiger partial charge in [0, 0.05) is 25.2 Å². The molecule has 1 atom stereocenters. The van der Waals surface area contributed by atoms with Gasteiger partial charge in [-0.15, -0.1) is 0 Å². The zero-order valence-electron chi connectivity index (χ0n) is 11.5. The molecule has 0 amide bonds. The average molecular weight is 274 g/mol. The Bertz CT molecular complexity index is 538. The van der Waals surface area contributed by atoms with E-state index in [2.05, 4.69) is 17.1 Å². The van der Waals surface area contributed by atoms with Crippen molar-refractivity contribution in [1.82, 2.24) is 4.90 Å². The Balaban J connectivity index is 2.00. The van der Waals surface area contributed by atoms with Crippen molar-refractivity contribution in [3.8, 4) is 6.07 Å². The molecule has 1 saturated heterocycles. The van der Waals surface area contributed by atoms with Crippen LogP contribution in [0, 0.1) is 27.4 Å². The lowest BCUT2D eigenvalue weighted by Gasteiger charge is -2.15. The van der Waals surface area contributed by atoms with Gasteiger partial charge in [-0.2, -0.15) is 5.26 Å². The lowest BCUT2D eigenvalue weighted by molar-refractivity contribution is -0.384. The number of nitro benzene ring substituents is 1. The van der Waals surface area contributed by atoms with Gasteiger partial charge in [-0.05, 0) is 31.5 Å². The van der Waals surface area contributed by atoms with E-state index in [0.29, 0.717) is 17.2 Å². The van der Waals surface area contributed by atoms with Crippen molar-refractivity contribution >= 4 is 11.4 Å². The van der Waals surface area contributed by atoms with E-state index < -0.39 is 4.92 Å². The average Bonchev–Trinajstić information content (AvgIpc) is 2.92. The summed E-state index contributed by atoms with van der Waals surface area (Å²) in [5, 5.41) is 23.0. The number of rotatable bonds is 5. The van der Waals surface area contributed by atoms with Crippen LogP contribution in [0.1, 0.15) is 18.9 Å². The van der Waals surface area contributed by atoms with Crippen molar-refractivity contribution in [2.24, 2.45) is 5.92 Å². The minimum atomic E-state index is -0.485. The van der Waals surface area contributed by atoms with Crippen LogP contribution >= 0.6 is 0 Å². The van der Waals surface area contributed by atoms with E-state index >= 15 is 0 Å². The molecule has 20 heavy (non-hydrogen) atoms. The summed E-state index contributed by atoms with van der Waals surface area (Å²) >= 11 is 0. The molecule has 1 aromatic rings. The van der Waals surface area contributed by atoms with Crippen molar-refractivity contribution in [2.75, 3.05) is 31.5 Å². The number of hydrogen-bond acceptors (Lipinski definition) is 5. The number of non-ortho nitro benzene ring substituents is 1. The summed E-state index contributed by atoms with van der Waals surface area (Å²) in [4.78, 5) is 12.6. The molecule has 0 saturated carbocycles. The highest BCUT2D eigenvalue weighted by Crippen LogP contribution is 2.23. The highest BCUT2D eigenvalue weighted by molar-refractivity contribution is 5.61. The summed E-state index contributed by atoms with van der Waals surface area (Å²) in [6.45, 7) is 6.20. The van der Waals surface area contributed by atoms with Gasteiger partial charge >= 0.3 is 0 Å². The van der Waals surface area contributed by atoms with Crippen LogP contribution in [0.4, 0.5) is 11.4 Å². The fraction of sp³-hybridized carbons (Fsp3) is 0.500. The Morgan fingerprint density at radius 1 is 1.60 bits per heavy atom. The van der Waals surface area contributed by atoms with Gasteiger partial charge in [0.05, 0.1) is 16.2 Å². The zero-order valence-corrected chi connectivity index (χ0v) is 11.5. The van der Waals surface area contributed by atoms with Gasteiger partial charge < -0.3 is 10.2 Å². The van der Waals surface area contributed by atoms with E-state index in [4.69, 9.17) is 5.26 Å². The first kappa shape index (κ1) is 14.3. The molecule has 2 rings (SSSR count). The quantitative estimate of drug-likeness (QED) is 0.657. The van der Waals surface area contributed by atoms with Crippen molar-refractivity contribution in [3.63, 3.8) is 0 Å². The second-order valence-corrected chi connectivity index (χ2v) is 5.03. The Kier molecular flexibility index (Phi) is 4.53. The zero-order chi connectivity index (χ0) is 14.5. The van der Waals surface area contributed by atoms with Crippen LogP contribution in [0.15, 0.2) is 18.2 Å². The summed E-state index contributed by atoms with van der Waals surface area (Å²) < 4.78 is 0. The van der Waals surface area contributed by atoms with Crippen molar-refractivity contribution in [2.45, 2.75) is 13.3 Å². The highest BCUT2D eigenvalue weighted by Gasteiger charge is 2.21. The van der Waals surface area contributed by atoms with Crippen LogP contribution < -0.4 is 5.32 Å². The van der Waals surface area contributed by atoms with E-state index in [1.807, 2.05) is 6.07 Å². The lowest BCUT2D eigenvalue weighted by Crippen LogP contribution is -2.22. The summed E-state index contributed by atoms with van der Waals surface area (Å²) in [6.07, 6.45) is 1.15. The van der Waals surface area contributed by atoms with Gasteiger partial charge in [-0.1, -0.05) is 6.92 Å². The first-order valence-corrected chi connectivity index (χ1v) is 6.78. The molecular formula is C14H18N4O2. The molecule has 0 aliphatic carbocycles. The topological polar surface area (TPSA) is 82.2 Å². The number of benzene rings is 1. The van der Waals surface area contributed by atoms with Crippen molar-refractivity contribution in [1.29, 1.82) is 5.26 Å². The SMILES string of the molecule is CCN1CCC(CNc2ccc([N+](=O)[O-])cc2C#N)C1. The number of hydrogen-bond donors (Lipinski definition) is 1. The minimum absolute atomic E-state index is 0.0508. The molecule has 0 bridgehead atoms. The molecule has 1 aromatic carbocycles. The minimum Gasteiger partial charge on any atom is -0.384 e. The van der Waals surface area contributed by atoms with Crippen LogP contribution in [0.25, 0.3) is 0 Å². The third-order valence-corrected chi connectivity index (χ3v) is 3.73. The Hall–Kier alpha value is -2.13. The van der Waals surface area contributed by atoms with Crippen molar-refractivity contribution in [3.05, 3.63) is 33.9 Å². The second kappa shape index (κ2) is 6.35. The van der Waals surface area contributed by atoms with E-state index in [1.165, 1.54) is 12.1 Å². The molecule has 6 nitrogen and oxygen atoms in total. The molecule has 1 aliphatic heterocycles. The van der Waals surface area contributed by atoms with Crippen LogP contribution in [-0.2, 0) is 0 Å². The second-order valence-electron chi connectivity index (χ2n) is 5.03. The van der Waals surface area contributed by atoms with E-state index in [9.17, 15) is 10.1 Å². The van der Waals surface area contributed by atoms with Crippen LogP contribution in [-0.4, -0.2) is 36.0 Å². The normalized spacial score (nSPS) is 18.7. The molecule has 1 unspecified atom stereocenters. The van der Waals surface area contributed by atoms with Gasteiger partial charge in [0.15, 0.2) is 0 Å².